The molecule has 0 aliphatic heterocycles. The molecule has 0 heterocycles. The predicted molar refractivity (Wildman–Crippen MR) is 34.7 cm³/mol. The van der Waals surface area contributed by atoms with Gasteiger partial charge in [0.05, 0.1) is 28.2 Å². The van der Waals surface area contributed by atoms with Gasteiger partial charge in [0.25, 0.3) is 0 Å². The fraction of sp³-hybridized carbons (Fsp3) is 1.00. The molecule has 0 aromatic heterocycles. The smallest absolute Gasteiger partial charge is 0.870 e. The van der Waals surface area contributed by atoms with Gasteiger partial charge in [-0.05, 0) is 0 Å². The summed E-state index contributed by atoms with van der Waals surface area (Å²) in [5.41, 5.74) is 0. The van der Waals surface area contributed by atoms with Crippen molar-refractivity contribution in [1.82, 2.24) is 0 Å². The zero-order chi connectivity index (χ0) is 4.50. The zero-order valence-electron chi connectivity index (χ0n) is 6.34. The molecule has 0 unspecified atom stereocenters. The van der Waals surface area contributed by atoms with Crippen molar-refractivity contribution in [2.45, 2.75) is 0 Å². The molecule has 0 saturated carbocycles. The molecule has 4 heteroatoms. The Kier molecular flexibility index (Phi) is 23.6. The third-order valence-corrected chi connectivity index (χ3v) is 0. The van der Waals surface area contributed by atoms with Crippen molar-refractivity contribution in [3.63, 3.8) is 0 Å². The van der Waals surface area contributed by atoms with Gasteiger partial charge in [-0.25, -0.2) is 0 Å². The molecule has 0 atom stereocenters. The Labute approximate surface area is 80.9 Å². The Morgan fingerprint density at radius 2 is 0.875 bits per heavy atom. The quantitative estimate of drug-likeness (QED) is 0.157. The van der Waals surface area contributed by atoms with E-state index in [9.17, 15) is 0 Å². The molecule has 0 radical (unpaired) electrons. The third kappa shape index (κ3) is 177. The molecule has 0 bridgehead atoms. The van der Waals surface area contributed by atoms with E-state index in [1.165, 1.54) is 0 Å². The summed E-state index contributed by atoms with van der Waals surface area (Å²) in [5.74, 6) is 0. The van der Waals surface area contributed by atoms with E-state index >= 15 is 0 Å². The van der Waals surface area contributed by atoms with Gasteiger partial charge in [-0.2, -0.15) is 0 Å². The number of quaternary nitrogens is 1. The summed E-state index contributed by atoms with van der Waals surface area (Å²) in [6.45, 7) is 0. The topological polar surface area (TPSA) is 30.0 Å². The summed E-state index contributed by atoms with van der Waals surface area (Å²) in [6.07, 6.45) is 0. The van der Waals surface area contributed by atoms with Gasteiger partial charge in [-0.1, -0.05) is 0 Å². The first kappa shape index (κ1) is 22.8. The van der Waals surface area contributed by atoms with Gasteiger partial charge < -0.3 is 23.5 Å². The first-order valence-corrected chi connectivity index (χ1v) is 1.79. The van der Waals surface area contributed by atoms with Crippen LogP contribution in [0.15, 0.2) is 0 Å². The van der Waals surface area contributed by atoms with Gasteiger partial charge in [-0.15, -0.1) is 0 Å². The van der Waals surface area contributed by atoms with E-state index in [2.05, 4.69) is 28.2 Å². The van der Waals surface area contributed by atoms with Crippen molar-refractivity contribution in [2.24, 2.45) is 0 Å². The normalized spacial score (nSPS) is 7.50. The largest absolute Gasteiger partial charge is 1.00 e. The van der Waals surface area contributed by atoms with Crippen LogP contribution < -0.4 is 29.6 Å². The molecule has 2 nitrogen and oxygen atoms in total. The summed E-state index contributed by atoms with van der Waals surface area (Å²) in [7, 11) is 8.50. The molecule has 0 aromatic carbocycles. The van der Waals surface area contributed by atoms with E-state index in [0.29, 0.717) is 0 Å². The summed E-state index contributed by atoms with van der Waals surface area (Å²) < 4.78 is 1.00. The Bertz CT molecular complexity index is 31.5. The second-order valence-electron chi connectivity index (χ2n) is 2.68. The van der Waals surface area contributed by atoms with Crippen LogP contribution in [0.5, 0.6) is 0 Å². The molecule has 48 valence electrons. The maximum absolute atomic E-state index is 2.12. The molecule has 0 saturated heterocycles. The zero-order valence-corrected chi connectivity index (χ0v) is 9.24. The number of rotatable bonds is 0. The molecule has 0 aliphatic rings. The molecule has 0 amide bonds. The molecule has 0 aliphatic carbocycles. The van der Waals surface area contributed by atoms with Crippen molar-refractivity contribution in [2.75, 3.05) is 28.2 Å². The second kappa shape index (κ2) is 8.27. The molecule has 0 spiro atoms. The van der Waals surface area contributed by atoms with Gasteiger partial charge in [0, 0.05) is 0 Å². The SMILES string of the molecule is C[N+](C)(C)C.[Na+].[OH-].[SH-]. The summed E-state index contributed by atoms with van der Waals surface area (Å²) in [4.78, 5) is 0. The van der Waals surface area contributed by atoms with Gasteiger partial charge in [0.15, 0.2) is 0 Å². The standard InChI is InChI=1S/C4H12N.Na.H2O.H2S/c1-5(2,3)4;;;/h1-4H3;;2*1H2/q2*+1;;/p-2. The number of hydrogen-bond donors (Lipinski definition) is 0. The second-order valence-corrected chi connectivity index (χ2v) is 2.68. The minimum atomic E-state index is 0. The first-order valence-electron chi connectivity index (χ1n) is 1.79. The predicted octanol–water partition coefficient (Wildman–Crippen LogP) is -3.12. The van der Waals surface area contributed by atoms with E-state index in [-0.39, 0.29) is 48.5 Å². The molecular formula is C4H14NNaOS. The average Bonchev–Trinajstić information content (AvgIpc) is 0.722. The fourth-order valence-corrected chi connectivity index (χ4v) is 0. The van der Waals surface area contributed by atoms with E-state index in [1.807, 2.05) is 0 Å². The van der Waals surface area contributed by atoms with Crippen LogP contribution >= 0.6 is 0 Å². The van der Waals surface area contributed by atoms with E-state index < -0.39 is 0 Å². The van der Waals surface area contributed by atoms with Crippen LogP contribution in [0.25, 0.3) is 0 Å². The van der Waals surface area contributed by atoms with E-state index in [0.717, 1.165) is 4.48 Å². The van der Waals surface area contributed by atoms with Crippen LogP contribution in [-0.2, 0) is 13.5 Å². The summed E-state index contributed by atoms with van der Waals surface area (Å²) in [5, 5.41) is 0. The van der Waals surface area contributed by atoms with Gasteiger partial charge in [0.1, 0.15) is 0 Å². The van der Waals surface area contributed by atoms with E-state index in [4.69, 9.17) is 0 Å². The molecule has 0 fully saturated rings. The van der Waals surface area contributed by atoms with Crippen LogP contribution in [0.4, 0.5) is 0 Å². The van der Waals surface area contributed by atoms with Crippen molar-refractivity contribution >= 4 is 13.5 Å². The van der Waals surface area contributed by atoms with Gasteiger partial charge in [-0.3, -0.25) is 0 Å². The average molecular weight is 147 g/mol. The van der Waals surface area contributed by atoms with Gasteiger partial charge >= 0.3 is 29.6 Å². The van der Waals surface area contributed by atoms with Crippen molar-refractivity contribution in [3.05, 3.63) is 0 Å². The van der Waals surface area contributed by atoms with Gasteiger partial charge in [0.2, 0.25) is 0 Å². The summed E-state index contributed by atoms with van der Waals surface area (Å²) in [6, 6.07) is 0. The molecule has 8 heavy (non-hydrogen) atoms. The maximum atomic E-state index is 2.12. The molecule has 1 N–H and O–H groups in total. The monoisotopic (exact) mass is 147 g/mol. The van der Waals surface area contributed by atoms with Crippen LogP contribution in [-0.4, -0.2) is 38.1 Å². The molecular weight excluding hydrogens is 133 g/mol. The minimum Gasteiger partial charge on any atom is -0.870 e. The van der Waals surface area contributed by atoms with Crippen LogP contribution in [0, 0.1) is 0 Å². The van der Waals surface area contributed by atoms with Crippen molar-refractivity contribution in [3.8, 4) is 0 Å². The maximum Gasteiger partial charge on any atom is 1.00 e. The number of hydrogen-bond acceptors (Lipinski definition) is 2. The third-order valence-electron chi connectivity index (χ3n) is 0. The molecule has 0 rings (SSSR count). The molecule has 0 aromatic rings. The summed E-state index contributed by atoms with van der Waals surface area (Å²) >= 11 is 0. The van der Waals surface area contributed by atoms with Crippen LogP contribution in [0.2, 0.25) is 0 Å². The number of thiol groups is 1. The minimum absolute atomic E-state index is 0. The van der Waals surface area contributed by atoms with Crippen molar-refractivity contribution in [1.29, 1.82) is 0 Å². The Balaban J connectivity index is -0.0000000267. The first-order chi connectivity index (χ1) is 2.00. The fourth-order valence-electron chi connectivity index (χ4n) is 0. The van der Waals surface area contributed by atoms with Crippen LogP contribution in [0.1, 0.15) is 0 Å². The van der Waals surface area contributed by atoms with Crippen LogP contribution in [0.3, 0.4) is 0 Å². The van der Waals surface area contributed by atoms with E-state index in [1.54, 1.807) is 0 Å². The number of nitrogens with zero attached hydrogens (tertiary/aromatic N) is 1. The Morgan fingerprint density at radius 1 is 0.875 bits per heavy atom. The van der Waals surface area contributed by atoms with Crippen molar-refractivity contribution < 1.29 is 39.5 Å². The Hall–Kier alpha value is 1.27. The Morgan fingerprint density at radius 3 is 0.875 bits per heavy atom.